The molecular weight excluding hydrogens is 617 g/mol. The fourth-order valence-electron chi connectivity index (χ4n) is 5.98. The summed E-state index contributed by atoms with van der Waals surface area (Å²) in [6.07, 6.45) is -4.83. The predicted octanol–water partition coefficient (Wildman–Crippen LogP) is 3.31. The summed E-state index contributed by atoms with van der Waals surface area (Å²) >= 11 is 0. The third kappa shape index (κ3) is 7.24. The Kier molecular flexibility index (Phi) is 9.71. The molecule has 248 valence electrons. The molecule has 47 heavy (non-hydrogen) atoms. The summed E-state index contributed by atoms with van der Waals surface area (Å²) in [6.45, 7) is 5.63. The number of halogens is 3. The van der Waals surface area contributed by atoms with E-state index in [2.05, 4.69) is 31.2 Å². The molecule has 15 heteroatoms. The van der Waals surface area contributed by atoms with Crippen LogP contribution in [-0.4, -0.2) is 113 Å². The van der Waals surface area contributed by atoms with Gasteiger partial charge in [-0.2, -0.15) is 10.2 Å². The molecule has 4 heterocycles. The Labute approximate surface area is 269 Å². The number of hydrogen-bond acceptors (Lipinski definition) is 11. The van der Waals surface area contributed by atoms with Gasteiger partial charge in [0.05, 0.1) is 31.4 Å². The first kappa shape index (κ1) is 32.4. The number of piperidine rings is 1. The molecule has 3 aliphatic heterocycles. The molecule has 2 aromatic carbocycles. The number of amides is 1. The number of carbonyl (C=O) groups is 1. The first-order valence-electron chi connectivity index (χ1n) is 15.5. The van der Waals surface area contributed by atoms with Crippen LogP contribution >= 0.6 is 0 Å². The van der Waals surface area contributed by atoms with Crippen molar-refractivity contribution in [1.82, 2.24) is 24.8 Å². The zero-order chi connectivity index (χ0) is 33.1. The molecule has 6 rings (SSSR count). The fourth-order valence-corrected chi connectivity index (χ4v) is 5.98. The topological polar surface area (TPSA) is 140 Å². The van der Waals surface area contributed by atoms with E-state index in [4.69, 9.17) is 9.47 Å². The highest BCUT2D eigenvalue weighted by molar-refractivity contribution is 5.80. The highest BCUT2D eigenvalue weighted by Gasteiger charge is 2.35. The number of likely N-dealkylation sites (tertiary alicyclic amines) is 1. The van der Waals surface area contributed by atoms with E-state index in [1.807, 2.05) is 4.90 Å². The summed E-state index contributed by atoms with van der Waals surface area (Å²) in [7, 11) is 0. The molecule has 0 saturated carbocycles. The smallest absolute Gasteiger partial charge is 0.265 e. The van der Waals surface area contributed by atoms with E-state index >= 15 is 0 Å². The lowest BCUT2D eigenvalue weighted by molar-refractivity contribution is -0.143. The molecular formula is C32H35F3N8O4. The van der Waals surface area contributed by atoms with E-state index in [9.17, 15) is 28.3 Å². The molecule has 1 amide bonds. The van der Waals surface area contributed by atoms with Gasteiger partial charge in [0.25, 0.3) is 12.3 Å². The maximum atomic E-state index is 14.9. The van der Waals surface area contributed by atoms with Crippen LogP contribution in [0.25, 0.3) is 11.4 Å². The van der Waals surface area contributed by atoms with E-state index in [0.717, 1.165) is 26.3 Å². The van der Waals surface area contributed by atoms with Crippen molar-refractivity contribution in [2.75, 3.05) is 62.7 Å². The standard InChI is InChI=1S/C32H35F3N8O4/c1-19(44)31(45)43-7-6-28(25(33)15-43)47-27-5-2-20(12-21(27)14-36)30-37-18-38-32(40-30)39-22-3-4-26(24(13-22)29(34)35)42-10-8-41(9-11-42)23-16-46-17-23/h2-5,12-13,18-19,23,25,28-29,44H,6-11,15-17H2,1H3,(H,37,38,39,40)/t19?,25-,28+/m1/s1. The first-order chi connectivity index (χ1) is 22.7. The Hall–Kier alpha value is -4.52. The van der Waals surface area contributed by atoms with Gasteiger partial charge in [-0.05, 0) is 43.3 Å². The van der Waals surface area contributed by atoms with Crippen molar-refractivity contribution in [3.8, 4) is 23.2 Å². The second-order valence-electron chi connectivity index (χ2n) is 11.8. The highest BCUT2D eigenvalue weighted by atomic mass is 19.3. The van der Waals surface area contributed by atoms with E-state index in [-0.39, 0.29) is 48.2 Å². The van der Waals surface area contributed by atoms with Crippen molar-refractivity contribution in [3.05, 3.63) is 53.9 Å². The molecule has 3 aromatic rings. The Morgan fingerprint density at radius 3 is 2.57 bits per heavy atom. The molecule has 0 aliphatic carbocycles. The molecule has 0 radical (unpaired) electrons. The number of nitrogens with one attached hydrogen (secondary N) is 1. The molecule has 0 spiro atoms. The molecule has 12 nitrogen and oxygen atoms in total. The van der Waals surface area contributed by atoms with Gasteiger partial charge in [-0.3, -0.25) is 9.69 Å². The SMILES string of the molecule is CC(O)C(=O)N1CC[C@H](Oc2ccc(-c3ncnc(Nc4ccc(N5CCN(C6COC6)CC5)c(C(F)F)c4)n3)cc2C#N)[C@H](F)C1. The summed E-state index contributed by atoms with van der Waals surface area (Å²) in [5.74, 6) is -0.0313. The number of hydrogen-bond donors (Lipinski definition) is 2. The molecule has 2 N–H and O–H groups in total. The van der Waals surface area contributed by atoms with Crippen molar-refractivity contribution in [2.45, 2.75) is 44.2 Å². The number of rotatable bonds is 9. The third-order valence-electron chi connectivity index (χ3n) is 8.67. The van der Waals surface area contributed by atoms with Crippen LogP contribution < -0.4 is 15.0 Å². The van der Waals surface area contributed by atoms with Crippen LogP contribution in [0.3, 0.4) is 0 Å². The summed E-state index contributed by atoms with van der Waals surface area (Å²) in [6, 6.07) is 11.9. The zero-order valence-corrected chi connectivity index (χ0v) is 25.7. The fraction of sp³-hybridized carbons (Fsp3) is 0.469. The van der Waals surface area contributed by atoms with Crippen LogP contribution in [0.15, 0.2) is 42.7 Å². The number of anilines is 3. The number of aliphatic hydroxyl groups is 1. The van der Waals surface area contributed by atoms with Gasteiger partial charge in [0.15, 0.2) is 12.0 Å². The number of nitrogens with zero attached hydrogens (tertiary/aromatic N) is 7. The van der Waals surface area contributed by atoms with Crippen LogP contribution in [0.4, 0.5) is 30.5 Å². The minimum absolute atomic E-state index is 0.0882. The molecule has 3 atom stereocenters. The molecule has 3 fully saturated rings. The summed E-state index contributed by atoms with van der Waals surface area (Å²) in [4.78, 5) is 30.4. The summed E-state index contributed by atoms with van der Waals surface area (Å²) < 4.78 is 54.4. The zero-order valence-electron chi connectivity index (χ0n) is 25.7. The Morgan fingerprint density at radius 2 is 1.91 bits per heavy atom. The van der Waals surface area contributed by atoms with E-state index < -0.39 is 30.7 Å². The number of ether oxygens (including phenoxy) is 2. The Balaban J connectivity index is 1.13. The number of piperazine rings is 1. The quantitative estimate of drug-likeness (QED) is 0.352. The third-order valence-corrected chi connectivity index (χ3v) is 8.67. The van der Waals surface area contributed by atoms with Crippen molar-refractivity contribution < 1.29 is 32.5 Å². The Morgan fingerprint density at radius 1 is 1.13 bits per heavy atom. The van der Waals surface area contributed by atoms with Gasteiger partial charge in [-0.15, -0.1) is 0 Å². The molecule has 0 bridgehead atoms. The van der Waals surface area contributed by atoms with Crippen molar-refractivity contribution in [2.24, 2.45) is 0 Å². The van der Waals surface area contributed by atoms with Gasteiger partial charge in [0.1, 0.15) is 30.4 Å². The van der Waals surface area contributed by atoms with Crippen LogP contribution in [0.1, 0.15) is 30.9 Å². The van der Waals surface area contributed by atoms with E-state index in [1.54, 1.807) is 18.2 Å². The van der Waals surface area contributed by atoms with E-state index in [1.165, 1.54) is 36.4 Å². The van der Waals surface area contributed by atoms with Crippen LogP contribution in [-0.2, 0) is 9.53 Å². The van der Waals surface area contributed by atoms with Gasteiger partial charge in [-0.1, -0.05) is 0 Å². The van der Waals surface area contributed by atoms with E-state index in [0.29, 0.717) is 36.1 Å². The number of benzene rings is 2. The minimum Gasteiger partial charge on any atom is -0.486 e. The monoisotopic (exact) mass is 652 g/mol. The maximum absolute atomic E-state index is 14.9. The number of aliphatic hydroxyl groups excluding tert-OH is 1. The molecule has 1 unspecified atom stereocenters. The van der Waals surface area contributed by atoms with Gasteiger partial charge >= 0.3 is 0 Å². The van der Waals surface area contributed by atoms with Crippen molar-refractivity contribution in [3.63, 3.8) is 0 Å². The highest BCUT2D eigenvalue weighted by Crippen LogP contribution is 2.34. The van der Waals surface area contributed by atoms with Gasteiger partial charge in [-0.25, -0.2) is 23.1 Å². The lowest BCUT2D eigenvalue weighted by Gasteiger charge is -2.43. The second kappa shape index (κ2) is 14.1. The normalized spacial score (nSPS) is 21.2. The van der Waals surface area contributed by atoms with Crippen LogP contribution in [0.2, 0.25) is 0 Å². The second-order valence-corrected chi connectivity index (χ2v) is 11.8. The number of carbonyl (C=O) groups excluding carboxylic acids is 1. The maximum Gasteiger partial charge on any atom is 0.265 e. The number of aromatic nitrogens is 3. The van der Waals surface area contributed by atoms with Gasteiger partial charge in [0.2, 0.25) is 5.95 Å². The lowest BCUT2D eigenvalue weighted by Crippen LogP contribution is -2.56. The lowest BCUT2D eigenvalue weighted by atomic mass is 10.0. The average Bonchev–Trinajstić information content (AvgIpc) is 3.05. The van der Waals surface area contributed by atoms with Crippen LogP contribution in [0, 0.1) is 11.3 Å². The first-order valence-corrected chi connectivity index (χ1v) is 15.5. The number of alkyl halides is 3. The number of nitriles is 1. The predicted molar refractivity (Wildman–Crippen MR) is 165 cm³/mol. The molecule has 3 aliphatic rings. The van der Waals surface area contributed by atoms with Crippen molar-refractivity contribution in [1.29, 1.82) is 5.26 Å². The molecule has 3 saturated heterocycles. The van der Waals surface area contributed by atoms with Gasteiger partial charge < -0.3 is 29.7 Å². The summed E-state index contributed by atoms with van der Waals surface area (Å²) in [5.41, 5.74) is 1.39. The minimum atomic E-state index is -2.68. The van der Waals surface area contributed by atoms with Gasteiger partial charge in [0, 0.05) is 61.6 Å². The molecule has 1 aromatic heterocycles. The van der Waals surface area contributed by atoms with Crippen molar-refractivity contribution >= 4 is 23.2 Å². The van der Waals surface area contributed by atoms with Crippen LogP contribution in [0.5, 0.6) is 5.75 Å². The largest absolute Gasteiger partial charge is 0.486 e. The average molecular weight is 653 g/mol. The Bertz CT molecular complexity index is 1630. The summed E-state index contributed by atoms with van der Waals surface area (Å²) in [5, 5.41) is 22.3.